The maximum absolute atomic E-state index is 5.36. The Kier molecular flexibility index (Phi) is 4.01. The second kappa shape index (κ2) is 6.27. The van der Waals surface area contributed by atoms with Gasteiger partial charge in [-0.15, -0.1) is 0 Å². The Hall–Kier alpha value is -2.55. The van der Waals surface area contributed by atoms with Crippen LogP contribution >= 0.6 is 0 Å². The second-order valence-electron chi connectivity index (χ2n) is 5.11. The van der Waals surface area contributed by atoms with Gasteiger partial charge in [-0.05, 0) is 24.6 Å². The molecule has 1 N–H and O–H groups in total. The minimum atomic E-state index is 0.154. The number of para-hydroxylation sites is 1. The van der Waals surface area contributed by atoms with Gasteiger partial charge in [0.1, 0.15) is 5.76 Å². The molecule has 1 heterocycles. The van der Waals surface area contributed by atoms with Crippen molar-refractivity contribution in [2.75, 3.05) is 5.32 Å². The average molecular weight is 278 g/mol. The number of nitrogens with one attached hydrogen (secondary N) is 1. The summed E-state index contributed by atoms with van der Waals surface area (Å²) in [5, 5.41) is 7.53. The summed E-state index contributed by atoms with van der Waals surface area (Å²) in [6.07, 6.45) is 0.764. The lowest BCUT2D eigenvalue weighted by Crippen LogP contribution is -2.13. The summed E-state index contributed by atoms with van der Waals surface area (Å²) in [6, 6.07) is 22.8. The highest BCUT2D eigenvalue weighted by molar-refractivity contribution is 5.45. The van der Waals surface area contributed by atoms with Gasteiger partial charge in [0.25, 0.3) is 0 Å². The highest BCUT2D eigenvalue weighted by Gasteiger charge is 2.14. The molecule has 3 aromatic rings. The molecule has 0 amide bonds. The fraction of sp³-hybridized carbons (Fsp3) is 0.167. The van der Waals surface area contributed by atoms with Gasteiger partial charge in [0.2, 0.25) is 0 Å². The predicted molar refractivity (Wildman–Crippen MR) is 84.2 cm³/mol. The van der Waals surface area contributed by atoms with E-state index in [0.29, 0.717) is 0 Å². The van der Waals surface area contributed by atoms with E-state index in [1.165, 1.54) is 5.56 Å². The van der Waals surface area contributed by atoms with Crippen molar-refractivity contribution in [1.82, 2.24) is 5.16 Å². The van der Waals surface area contributed by atoms with E-state index in [1.54, 1.807) is 0 Å². The van der Waals surface area contributed by atoms with Gasteiger partial charge < -0.3 is 9.84 Å². The molecule has 0 aliphatic rings. The molecule has 21 heavy (non-hydrogen) atoms. The number of aromatic nitrogens is 1. The molecule has 0 saturated carbocycles. The van der Waals surface area contributed by atoms with Crippen LogP contribution < -0.4 is 5.32 Å². The van der Waals surface area contributed by atoms with E-state index in [9.17, 15) is 0 Å². The number of benzene rings is 2. The summed E-state index contributed by atoms with van der Waals surface area (Å²) in [5.41, 5.74) is 3.24. The second-order valence-corrected chi connectivity index (χ2v) is 5.11. The Morgan fingerprint density at radius 2 is 1.67 bits per heavy atom. The van der Waals surface area contributed by atoms with Gasteiger partial charge in [-0.1, -0.05) is 53.7 Å². The third-order valence-electron chi connectivity index (χ3n) is 3.40. The van der Waals surface area contributed by atoms with Crippen LogP contribution in [0, 0.1) is 6.92 Å². The minimum Gasteiger partial charge on any atom is -0.378 e. The number of hydrogen-bond acceptors (Lipinski definition) is 3. The van der Waals surface area contributed by atoms with Crippen molar-refractivity contribution in [2.45, 2.75) is 19.4 Å². The van der Waals surface area contributed by atoms with E-state index in [-0.39, 0.29) is 6.04 Å². The molecule has 0 saturated heterocycles. The minimum absolute atomic E-state index is 0.154. The van der Waals surface area contributed by atoms with Crippen LogP contribution in [-0.4, -0.2) is 5.16 Å². The van der Waals surface area contributed by atoms with Crippen LogP contribution in [0.1, 0.15) is 23.1 Å². The summed E-state index contributed by atoms with van der Waals surface area (Å²) in [5.74, 6) is 0.893. The average Bonchev–Trinajstić information content (AvgIpc) is 2.94. The van der Waals surface area contributed by atoms with Gasteiger partial charge in [0.05, 0.1) is 11.7 Å². The Labute approximate surface area is 124 Å². The summed E-state index contributed by atoms with van der Waals surface area (Å²) < 4.78 is 5.36. The molecule has 0 spiro atoms. The van der Waals surface area contributed by atoms with Gasteiger partial charge in [-0.2, -0.15) is 0 Å². The van der Waals surface area contributed by atoms with Crippen molar-refractivity contribution in [3.63, 3.8) is 0 Å². The fourth-order valence-electron chi connectivity index (χ4n) is 2.39. The largest absolute Gasteiger partial charge is 0.378 e. The van der Waals surface area contributed by atoms with Crippen molar-refractivity contribution in [1.29, 1.82) is 0 Å². The molecule has 0 fully saturated rings. The monoisotopic (exact) mass is 278 g/mol. The molecule has 0 bridgehead atoms. The molecule has 1 atom stereocenters. The standard InChI is InChI=1S/C18H18N2O/c1-14-12-17(21-20-14)13-18(15-8-4-2-5-9-15)19-16-10-6-3-7-11-16/h2-12,18-19H,13H2,1H3. The van der Waals surface area contributed by atoms with Crippen molar-refractivity contribution >= 4 is 5.69 Å². The molecule has 0 aliphatic carbocycles. The molecule has 0 radical (unpaired) electrons. The molecule has 0 aliphatic heterocycles. The van der Waals surface area contributed by atoms with E-state index in [2.05, 4.69) is 46.9 Å². The van der Waals surface area contributed by atoms with Gasteiger partial charge in [0, 0.05) is 18.2 Å². The maximum Gasteiger partial charge on any atom is 0.139 e. The zero-order valence-electron chi connectivity index (χ0n) is 12.0. The van der Waals surface area contributed by atoms with E-state index in [0.717, 1.165) is 23.6 Å². The van der Waals surface area contributed by atoms with Crippen LogP contribution in [0.15, 0.2) is 71.3 Å². The highest BCUT2D eigenvalue weighted by atomic mass is 16.5. The number of anilines is 1. The van der Waals surface area contributed by atoms with Crippen molar-refractivity contribution in [2.24, 2.45) is 0 Å². The molecular formula is C18H18N2O. The topological polar surface area (TPSA) is 38.1 Å². The van der Waals surface area contributed by atoms with E-state index >= 15 is 0 Å². The number of rotatable bonds is 5. The molecule has 3 rings (SSSR count). The van der Waals surface area contributed by atoms with Gasteiger partial charge in [-0.3, -0.25) is 0 Å². The van der Waals surface area contributed by atoms with Crippen molar-refractivity contribution in [3.8, 4) is 0 Å². The molecule has 2 aromatic carbocycles. The Morgan fingerprint density at radius 3 is 2.29 bits per heavy atom. The van der Waals surface area contributed by atoms with Crippen LogP contribution in [0.4, 0.5) is 5.69 Å². The molecular weight excluding hydrogens is 260 g/mol. The fourth-order valence-corrected chi connectivity index (χ4v) is 2.39. The molecule has 1 aromatic heterocycles. The van der Waals surface area contributed by atoms with Crippen molar-refractivity contribution in [3.05, 3.63) is 83.7 Å². The lowest BCUT2D eigenvalue weighted by atomic mass is 10.0. The quantitative estimate of drug-likeness (QED) is 0.752. The van der Waals surface area contributed by atoms with Crippen LogP contribution in [-0.2, 0) is 6.42 Å². The molecule has 1 unspecified atom stereocenters. The molecule has 106 valence electrons. The molecule has 3 nitrogen and oxygen atoms in total. The first-order valence-corrected chi connectivity index (χ1v) is 7.10. The van der Waals surface area contributed by atoms with Crippen LogP contribution in [0.25, 0.3) is 0 Å². The smallest absolute Gasteiger partial charge is 0.139 e. The summed E-state index contributed by atoms with van der Waals surface area (Å²) in [7, 11) is 0. The number of nitrogens with zero attached hydrogens (tertiary/aromatic N) is 1. The third-order valence-corrected chi connectivity index (χ3v) is 3.40. The van der Waals surface area contributed by atoms with E-state index in [4.69, 9.17) is 4.52 Å². The Morgan fingerprint density at radius 1 is 1.00 bits per heavy atom. The zero-order chi connectivity index (χ0) is 14.5. The number of aryl methyl sites for hydroxylation is 1. The number of hydrogen-bond donors (Lipinski definition) is 1. The van der Waals surface area contributed by atoms with Crippen molar-refractivity contribution < 1.29 is 4.52 Å². The summed E-state index contributed by atoms with van der Waals surface area (Å²) in [6.45, 7) is 1.94. The normalized spacial score (nSPS) is 12.0. The van der Waals surface area contributed by atoms with Crippen LogP contribution in [0.3, 0.4) is 0 Å². The third kappa shape index (κ3) is 3.51. The zero-order valence-corrected chi connectivity index (χ0v) is 12.0. The first-order chi connectivity index (χ1) is 10.3. The first kappa shape index (κ1) is 13.4. The van der Waals surface area contributed by atoms with Crippen LogP contribution in [0.5, 0.6) is 0 Å². The molecule has 3 heteroatoms. The predicted octanol–water partition coefficient (Wildman–Crippen LogP) is 4.38. The lowest BCUT2D eigenvalue weighted by molar-refractivity contribution is 0.374. The first-order valence-electron chi connectivity index (χ1n) is 7.10. The van der Waals surface area contributed by atoms with Gasteiger partial charge in [-0.25, -0.2) is 0 Å². The Bertz CT molecular complexity index is 677. The highest BCUT2D eigenvalue weighted by Crippen LogP contribution is 2.23. The van der Waals surface area contributed by atoms with Gasteiger partial charge >= 0.3 is 0 Å². The maximum atomic E-state index is 5.36. The Balaban J connectivity index is 1.84. The lowest BCUT2D eigenvalue weighted by Gasteiger charge is -2.19. The summed E-state index contributed by atoms with van der Waals surface area (Å²) in [4.78, 5) is 0. The van der Waals surface area contributed by atoms with E-state index in [1.807, 2.05) is 37.3 Å². The van der Waals surface area contributed by atoms with Gasteiger partial charge in [0.15, 0.2) is 0 Å². The van der Waals surface area contributed by atoms with E-state index < -0.39 is 0 Å². The summed E-state index contributed by atoms with van der Waals surface area (Å²) >= 11 is 0. The SMILES string of the molecule is Cc1cc(CC(Nc2ccccc2)c2ccccc2)on1. The van der Waals surface area contributed by atoms with Crippen LogP contribution in [0.2, 0.25) is 0 Å².